The number of para-hydroxylation sites is 1. The van der Waals surface area contributed by atoms with Gasteiger partial charge in [-0.05, 0) is 54.6 Å². The number of carbonyl (C=O) groups excluding carboxylic acids is 1. The summed E-state index contributed by atoms with van der Waals surface area (Å²) in [5, 5.41) is 2.67. The summed E-state index contributed by atoms with van der Waals surface area (Å²) in [6, 6.07) is 21.2. The number of sulfonamides is 2. The third kappa shape index (κ3) is 5.34. The van der Waals surface area contributed by atoms with Crippen molar-refractivity contribution in [3.05, 3.63) is 103 Å². The molecule has 4 aromatic rings. The average Bonchev–Trinajstić information content (AvgIpc) is 2.89. The number of nitrogens with one attached hydrogen (secondary N) is 2. The van der Waals surface area contributed by atoms with Crippen LogP contribution in [0.5, 0.6) is 0 Å². The number of anilines is 3. The number of carbonyl (C=O) groups is 1. The Kier molecular flexibility index (Phi) is 6.99. The Hall–Kier alpha value is -4.29. The lowest BCUT2D eigenvalue weighted by atomic mass is 10.1. The molecule has 10 nitrogen and oxygen atoms in total. The lowest BCUT2D eigenvalue weighted by molar-refractivity contribution is 0.102. The van der Waals surface area contributed by atoms with Gasteiger partial charge in [0, 0.05) is 25.1 Å². The first-order chi connectivity index (χ1) is 17.2. The lowest BCUT2D eigenvalue weighted by Crippen LogP contribution is -2.29. The van der Waals surface area contributed by atoms with E-state index in [0.29, 0.717) is 5.69 Å². The third-order valence-electron chi connectivity index (χ3n) is 5.10. The van der Waals surface area contributed by atoms with Crippen LogP contribution >= 0.6 is 0 Å². The van der Waals surface area contributed by atoms with Gasteiger partial charge >= 0.3 is 0 Å². The normalized spacial score (nSPS) is 11.5. The van der Waals surface area contributed by atoms with Gasteiger partial charge in [0.25, 0.3) is 26.0 Å². The van der Waals surface area contributed by atoms with E-state index in [0.717, 1.165) is 4.31 Å². The molecule has 0 radical (unpaired) electrons. The van der Waals surface area contributed by atoms with E-state index in [1.165, 1.54) is 68.0 Å². The summed E-state index contributed by atoms with van der Waals surface area (Å²) < 4.78 is 54.5. The Morgan fingerprint density at radius 1 is 0.750 bits per heavy atom. The second-order valence-corrected chi connectivity index (χ2v) is 11.1. The molecule has 0 atom stereocenters. The van der Waals surface area contributed by atoms with E-state index in [-0.39, 0.29) is 27.0 Å². The van der Waals surface area contributed by atoms with Crippen LogP contribution in [-0.2, 0) is 20.0 Å². The minimum atomic E-state index is -3.93. The highest BCUT2D eigenvalue weighted by Gasteiger charge is 2.25. The number of aromatic nitrogens is 2. The van der Waals surface area contributed by atoms with E-state index in [1.807, 2.05) is 0 Å². The number of hydrogen-bond donors (Lipinski definition) is 2. The van der Waals surface area contributed by atoms with Crippen LogP contribution in [-0.4, -0.2) is 39.8 Å². The van der Waals surface area contributed by atoms with Crippen molar-refractivity contribution in [2.24, 2.45) is 0 Å². The molecule has 1 amide bonds. The number of nitrogens with zero attached hydrogens (tertiary/aromatic N) is 3. The van der Waals surface area contributed by atoms with E-state index in [2.05, 4.69) is 20.0 Å². The predicted molar refractivity (Wildman–Crippen MR) is 136 cm³/mol. The van der Waals surface area contributed by atoms with Crippen LogP contribution in [0.25, 0.3) is 0 Å². The molecule has 0 bridgehead atoms. The zero-order chi connectivity index (χ0) is 25.8. The number of rotatable bonds is 8. The summed E-state index contributed by atoms with van der Waals surface area (Å²) in [5.41, 5.74) is 0.627. The van der Waals surface area contributed by atoms with E-state index in [9.17, 15) is 21.6 Å². The van der Waals surface area contributed by atoms with Gasteiger partial charge in [0.2, 0.25) is 5.95 Å². The Labute approximate surface area is 208 Å². The molecule has 36 heavy (non-hydrogen) atoms. The molecule has 2 N–H and O–H groups in total. The van der Waals surface area contributed by atoms with Crippen molar-refractivity contribution in [3.63, 3.8) is 0 Å². The molecule has 0 saturated carbocycles. The summed E-state index contributed by atoms with van der Waals surface area (Å²) in [6.45, 7) is 0. The van der Waals surface area contributed by atoms with Crippen molar-refractivity contribution in [2.45, 2.75) is 9.79 Å². The van der Waals surface area contributed by atoms with Crippen LogP contribution in [0.2, 0.25) is 0 Å². The van der Waals surface area contributed by atoms with Gasteiger partial charge in [-0.3, -0.25) is 9.10 Å². The Morgan fingerprint density at radius 3 is 2.03 bits per heavy atom. The summed E-state index contributed by atoms with van der Waals surface area (Å²) in [6.07, 6.45) is 2.81. The summed E-state index contributed by atoms with van der Waals surface area (Å²) in [4.78, 5) is 20.8. The fraction of sp³-hybridized carbons (Fsp3) is 0.0417. The minimum absolute atomic E-state index is 0.0537. The van der Waals surface area contributed by atoms with Crippen LogP contribution < -0.4 is 14.3 Å². The Balaban J connectivity index is 1.54. The summed E-state index contributed by atoms with van der Waals surface area (Å²) in [7, 11) is -6.46. The van der Waals surface area contributed by atoms with Crippen LogP contribution in [0.4, 0.5) is 17.3 Å². The maximum absolute atomic E-state index is 13.1. The first-order valence-corrected chi connectivity index (χ1v) is 13.4. The van der Waals surface area contributed by atoms with Crippen LogP contribution in [0, 0.1) is 0 Å². The van der Waals surface area contributed by atoms with Crippen molar-refractivity contribution in [1.82, 2.24) is 9.97 Å². The van der Waals surface area contributed by atoms with E-state index >= 15 is 0 Å². The molecule has 0 aliphatic carbocycles. The quantitative estimate of drug-likeness (QED) is 0.361. The molecule has 1 aromatic heterocycles. The molecule has 0 spiro atoms. The number of amides is 1. The average molecular weight is 524 g/mol. The molecule has 0 unspecified atom stereocenters. The maximum atomic E-state index is 13.1. The zero-order valence-corrected chi connectivity index (χ0v) is 20.6. The van der Waals surface area contributed by atoms with E-state index < -0.39 is 26.0 Å². The fourth-order valence-corrected chi connectivity index (χ4v) is 5.46. The van der Waals surface area contributed by atoms with Gasteiger partial charge in [-0.2, -0.15) is 0 Å². The third-order valence-corrected chi connectivity index (χ3v) is 8.23. The van der Waals surface area contributed by atoms with Gasteiger partial charge in [-0.25, -0.2) is 31.5 Å². The molecule has 0 aliphatic rings. The first-order valence-electron chi connectivity index (χ1n) is 10.5. The van der Waals surface area contributed by atoms with Gasteiger partial charge < -0.3 is 5.32 Å². The van der Waals surface area contributed by atoms with Crippen molar-refractivity contribution in [2.75, 3.05) is 21.4 Å². The van der Waals surface area contributed by atoms with Crippen molar-refractivity contribution >= 4 is 43.3 Å². The monoisotopic (exact) mass is 523 g/mol. The van der Waals surface area contributed by atoms with Crippen molar-refractivity contribution in [1.29, 1.82) is 0 Å². The first kappa shape index (κ1) is 24.8. The highest BCUT2D eigenvalue weighted by molar-refractivity contribution is 7.93. The SMILES string of the molecule is CN(c1ccccc1C(=O)Nc1ccc(S(=O)(=O)Nc2ncccn2)cc1)S(=O)(=O)c1ccccc1. The van der Waals surface area contributed by atoms with Gasteiger partial charge in [0.1, 0.15) is 0 Å². The second-order valence-electron chi connectivity index (χ2n) is 7.46. The summed E-state index contributed by atoms with van der Waals surface area (Å²) >= 11 is 0. The highest BCUT2D eigenvalue weighted by Crippen LogP contribution is 2.26. The maximum Gasteiger partial charge on any atom is 0.264 e. The largest absolute Gasteiger partial charge is 0.322 e. The minimum Gasteiger partial charge on any atom is -0.322 e. The molecule has 184 valence electrons. The van der Waals surface area contributed by atoms with Crippen LogP contribution in [0.3, 0.4) is 0 Å². The molecular formula is C24H21N5O5S2. The molecular weight excluding hydrogens is 502 g/mol. The van der Waals surface area contributed by atoms with Crippen molar-refractivity contribution < 1.29 is 21.6 Å². The standard InChI is InChI=1S/C24H21N5O5S2/c1-29(36(33,34)20-8-3-2-4-9-20)22-11-6-5-10-21(22)23(30)27-18-12-14-19(15-13-18)35(31,32)28-24-25-16-7-17-26-24/h2-17H,1H3,(H,27,30)(H,25,26,28). The molecule has 3 aromatic carbocycles. The lowest BCUT2D eigenvalue weighted by Gasteiger charge is -2.22. The van der Waals surface area contributed by atoms with E-state index in [1.54, 1.807) is 36.4 Å². The smallest absolute Gasteiger partial charge is 0.264 e. The predicted octanol–water partition coefficient (Wildman–Crippen LogP) is 3.35. The molecule has 1 heterocycles. The summed E-state index contributed by atoms with van der Waals surface area (Å²) in [5.74, 6) is -0.631. The molecule has 0 aliphatic heterocycles. The van der Waals surface area contributed by atoms with Gasteiger partial charge in [0.05, 0.1) is 21.0 Å². The molecule has 0 saturated heterocycles. The molecule has 0 fully saturated rings. The van der Waals surface area contributed by atoms with Crippen LogP contribution in [0.15, 0.2) is 107 Å². The highest BCUT2D eigenvalue weighted by atomic mass is 32.2. The van der Waals surface area contributed by atoms with Gasteiger partial charge in [0.15, 0.2) is 0 Å². The van der Waals surface area contributed by atoms with Crippen molar-refractivity contribution in [3.8, 4) is 0 Å². The zero-order valence-electron chi connectivity index (χ0n) is 18.9. The van der Waals surface area contributed by atoms with Crippen LogP contribution in [0.1, 0.15) is 10.4 Å². The van der Waals surface area contributed by atoms with E-state index in [4.69, 9.17) is 0 Å². The Bertz CT molecular complexity index is 1580. The fourth-order valence-electron chi connectivity index (χ4n) is 3.27. The number of hydrogen-bond acceptors (Lipinski definition) is 7. The molecule has 12 heteroatoms. The number of benzene rings is 3. The second kappa shape index (κ2) is 10.1. The van der Waals surface area contributed by atoms with Gasteiger partial charge in [-0.15, -0.1) is 0 Å². The molecule has 4 rings (SSSR count). The topological polar surface area (TPSA) is 138 Å². The van der Waals surface area contributed by atoms with Gasteiger partial charge in [-0.1, -0.05) is 30.3 Å². The Morgan fingerprint density at radius 2 is 1.36 bits per heavy atom.